The molecule has 1 amide bonds. The van der Waals surface area contributed by atoms with Crippen molar-refractivity contribution in [1.29, 1.82) is 0 Å². The lowest BCUT2D eigenvalue weighted by Crippen LogP contribution is -2.29. The minimum Gasteiger partial charge on any atom is -0.507 e. The normalized spacial score (nSPS) is 18.8. The highest BCUT2D eigenvalue weighted by Gasteiger charge is 2.46. The Balaban J connectivity index is 1.61. The van der Waals surface area contributed by atoms with Crippen molar-refractivity contribution in [3.63, 3.8) is 0 Å². The molecule has 0 aromatic heterocycles. The molecule has 0 spiro atoms. The summed E-state index contributed by atoms with van der Waals surface area (Å²) in [7, 11) is 0. The summed E-state index contributed by atoms with van der Waals surface area (Å²) in [6, 6.07) is 20.8. The molecule has 0 bridgehead atoms. The molecule has 5 rings (SSSR count). The van der Waals surface area contributed by atoms with Crippen LogP contribution in [0.2, 0.25) is 0 Å². The number of benzene rings is 3. The second kappa shape index (κ2) is 10.7. The molecule has 1 N–H and O–H groups in total. The molecule has 2 aliphatic rings. The van der Waals surface area contributed by atoms with Gasteiger partial charge < -0.3 is 14.7 Å². The van der Waals surface area contributed by atoms with E-state index in [9.17, 15) is 14.7 Å². The number of aliphatic hydroxyl groups excluding tert-OH is 1. The first kappa shape index (κ1) is 26.7. The van der Waals surface area contributed by atoms with Gasteiger partial charge in [-0.15, -0.1) is 0 Å². The second-order valence-electron chi connectivity index (χ2n) is 11.6. The molecule has 1 aliphatic carbocycles. The number of likely N-dealkylation sites (tertiary alicyclic amines) is 1. The van der Waals surface area contributed by atoms with Crippen LogP contribution in [0.1, 0.15) is 80.0 Å². The largest absolute Gasteiger partial charge is 0.507 e. The molecule has 3 aromatic carbocycles. The van der Waals surface area contributed by atoms with E-state index >= 15 is 0 Å². The van der Waals surface area contributed by atoms with E-state index < -0.39 is 17.7 Å². The number of fused-ring (bicyclic) bond motifs is 1. The maximum atomic E-state index is 13.6. The zero-order chi connectivity index (χ0) is 27.7. The van der Waals surface area contributed by atoms with E-state index in [4.69, 9.17) is 4.74 Å². The molecule has 3 aromatic rings. The van der Waals surface area contributed by atoms with Crippen LogP contribution in [-0.2, 0) is 34.4 Å². The van der Waals surface area contributed by atoms with Crippen molar-refractivity contribution >= 4 is 17.4 Å². The Bertz CT molecular complexity index is 1430. The van der Waals surface area contributed by atoms with Gasteiger partial charge in [-0.25, -0.2) is 0 Å². The Morgan fingerprint density at radius 1 is 0.949 bits per heavy atom. The summed E-state index contributed by atoms with van der Waals surface area (Å²) in [5, 5.41) is 11.6. The molecule has 0 saturated carbocycles. The number of rotatable bonds is 6. The van der Waals surface area contributed by atoms with Crippen molar-refractivity contribution in [1.82, 2.24) is 4.90 Å². The number of carbonyl (C=O) groups excluding carboxylic acids is 2. The third-order valence-corrected chi connectivity index (χ3v) is 7.82. The number of carbonyl (C=O) groups is 2. The van der Waals surface area contributed by atoms with Gasteiger partial charge in [0, 0.05) is 12.1 Å². The van der Waals surface area contributed by atoms with Crippen molar-refractivity contribution in [3.05, 3.63) is 106 Å². The van der Waals surface area contributed by atoms with E-state index in [-0.39, 0.29) is 23.3 Å². The molecule has 5 heteroatoms. The van der Waals surface area contributed by atoms with Crippen LogP contribution >= 0.6 is 0 Å². The topological polar surface area (TPSA) is 66.8 Å². The molecular weight excluding hydrogens is 486 g/mol. The van der Waals surface area contributed by atoms with Crippen LogP contribution in [0.3, 0.4) is 0 Å². The molecular formula is C34H37NO4. The van der Waals surface area contributed by atoms with Gasteiger partial charge >= 0.3 is 0 Å². The molecule has 1 fully saturated rings. The van der Waals surface area contributed by atoms with Gasteiger partial charge in [-0.1, -0.05) is 69.3 Å². The van der Waals surface area contributed by atoms with E-state index in [0.29, 0.717) is 17.9 Å². The van der Waals surface area contributed by atoms with Crippen LogP contribution in [0.15, 0.2) is 72.3 Å². The number of nitrogens with zero attached hydrogens (tertiary/aromatic N) is 1. The zero-order valence-corrected chi connectivity index (χ0v) is 23.3. The van der Waals surface area contributed by atoms with E-state index in [1.54, 1.807) is 4.90 Å². The molecule has 0 radical (unpaired) electrons. The molecule has 1 saturated heterocycles. The van der Waals surface area contributed by atoms with Gasteiger partial charge in [-0.2, -0.15) is 0 Å². The Labute approximate surface area is 231 Å². The highest BCUT2D eigenvalue weighted by atomic mass is 16.5. The van der Waals surface area contributed by atoms with Crippen molar-refractivity contribution in [2.45, 2.75) is 71.4 Å². The first-order chi connectivity index (χ1) is 18.7. The Kier molecular flexibility index (Phi) is 7.35. The standard InChI is InChI=1S/C34H37NO4/c1-5-39-28-12-8-9-22(19-28)21-35-30(24-15-17-27(18-16-24)34(2,3)4)29(32(37)33(35)38)31(36)26-14-13-23-10-6-7-11-25(23)20-26/h8-9,12-20,30,36H,5-7,10-11,21H2,1-4H3/b31-29-. The SMILES string of the molecule is CCOc1cccc(CN2C(=O)C(=O)/C(=C(\O)c3ccc4c(c3)CCCC4)C2c2ccc(C(C)(C)C)cc2)c1. The van der Waals surface area contributed by atoms with Gasteiger partial charge in [-0.05, 0) is 84.0 Å². The lowest BCUT2D eigenvalue weighted by atomic mass is 9.85. The summed E-state index contributed by atoms with van der Waals surface area (Å²) < 4.78 is 5.66. The van der Waals surface area contributed by atoms with Crippen molar-refractivity contribution in [2.75, 3.05) is 6.61 Å². The predicted molar refractivity (Wildman–Crippen MR) is 154 cm³/mol. The number of amides is 1. The number of hydrogen-bond acceptors (Lipinski definition) is 4. The number of ketones is 1. The van der Waals surface area contributed by atoms with E-state index in [0.717, 1.165) is 36.0 Å². The highest BCUT2D eigenvalue weighted by Crippen LogP contribution is 2.41. The molecule has 1 aliphatic heterocycles. The summed E-state index contributed by atoms with van der Waals surface area (Å²) in [5.74, 6) is -0.666. The first-order valence-electron chi connectivity index (χ1n) is 13.9. The summed E-state index contributed by atoms with van der Waals surface area (Å²) >= 11 is 0. The van der Waals surface area contributed by atoms with E-state index in [2.05, 4.69) is 20.8 Å². The fourth-order valence-electron chi connectivity index (χ4n) is 5.69. The quantitative estimate of drug-likeness (QED) is 0.217. The minimum atomic E-state index is -0.703. The summed E-state index contributed by atoms with van der Waals surface area (Å²) in [6.45, 7) is 9.13. The smallest absolute Gasteiger partial charge is 0.295 e. The maximum absolute atomic E-state index is 13.6. The van der Waals surface area contributed by atoms with E-state index in [1.165, 1.54) is 17.5 Å². The van der Waals surface area contributed by atoms with Crippen LogP contribution < -0.4 is 4.74 Å². The zero-order valence-electron chi connectivity index (χ0n) is 23.3. The molecule has 5 nitrogen and oxygen atoms in total. The summed E-state index contributed by atoms with van der Waals surface area (Å²) in [6.07, 6.45) is 4.27. The van der Waals surface area contributed by atoms with Gasteiger partial charge in [0.25, 0.3) is 11.7 Å². The average Bonchev–Trinajstić information content (AvgIpc) is 3.17. The van der Waals surface area contributed by atoms with Crippen molar-refractivity contribution in [3.8, 4) is 5.75 Å². The lowest BCUT2D eigenvalue weighted by molar-refractivity contribution is -0.140. The van der Waals surface area contributed by atoms with E-state index in [1.807, 2.05) is 73.7 Å². The van der Waals surface area contributed by atoms with Gasteiger partial charge in [0.15, 0.2) is 0 Å². The summed E-state index contributed by atoms with van der Waals surface area (Å²) in [4.78, 5) is 28.6. The molecule has 1 heterocycles. The van der Waals surface area contributed by atoms with Crippen molar-refractivity contribution < 1.29 is 19.4 Å². The lowest BCUT2D eigenvalue weighted by Gasteiger charge is -2.27. The molecule has 1 unspecified atom stereocenters. The minimum absolute atomic E-state index is 0.0385. The second-order valence-corrected chi connectivity index (χ2v) is 11.6. The van der Waals surface area contributed by atoms with Crippen LogP contribution in [0.25, 0.3) is 5.76 Å². The van der Waals surface area contributed by atoms with Crippen LogP contribution in [-0.4, -0.2) is 28.3 Å². The fraction of sp³-hybridized carbons (Fsp3) is 0.353. The number of Topliss-reactive ketones (excluding diaryl/α,β-unsaturated/α-hetero) is 1. The predicted octanol–water partition coefficient (Wildman–Crippen LogP) is 6.88. The first-order valence-corrected chi connectivity index (χ1v) is 13.9. The van der Waals surface area contributed by atoms with Gasteiger partial charge in [0.05, 0.1) is 18.2 Å². The third-order valence-electron chi connectivity index (χ3n) is 7.82. The molecule has 1 atom stereocenters. The Morgan fingerprint density at radius 3 is 2.36 bits per heavy atom. The van der Waals surface area contributed by atoms with Crippen molar-refractivity contribution in [2.24, 2.45) is 0 Å². The van der Waals surface area contributed by atoms with Crippen LogP contribution in [0.4, 0.5) is 0 Å². The maximum Gasteiger partial charge on any atom is 0.295 e. The third kappa shape index (κ3) is 5.36. The Hall–Kier alpha value is -3.86. The number of hydrogen-bond donors (Lipinski definition) is 1. The number of ether oxygens (including phenoxy) is 1. The Morgan fingerprint density at radius 2 is 1.67 bits per heavy atom. The molecule has 202 valence electrons. The van der Waals surface area contributed by atoms with Crippen LogP contribution in [0.5, 0.6) is 5.75 Å². The average molecular weight is 524 g/mol. The van der Waals surface area contributed by atoms with Gasteiger partial charge in [0.2, 0.25) is 0 Å². The molecule has 39 heavy (non-hydrogen) atoms. The number of aryl methyl sites for hydroxylation is 2. The van der Waals surface area contributed by atoms with Crippen LogP contribution in [0, 0.1) is 0 Å². The fourth-order valence-corrected chi connectivity index (χ4v) is 5.69. The monoisotopic (exact) mass is 523 g/mol. The van der Waals surface area contributed by atoms with Gasteiger partial charge in [-0.3, -0.25) is 9.59 Å². The van der Waals surface area contributed by atoms with Gasteiger partial charge in [0.1, 0.15) is 11.5 Å². The summed E-state index contributed by atoms with van der Waals surface area (Å²) in [5.41, 5.74) is 5.99. The highest BCUT2D eigenvalue weighted by molar-refractivity contribution is 6.46. The number of aliphatic hydroxyl groups is 1.